The Bertz CT molecular complexity index is 917. The van der Waals surface area contributed by atoms with Crippen molar-refractivity contribution in [3.05, 3.63) is 63.4 Å². The van der Waals surface area contributed by atoms with Crippen molar-refractivity contribution < 1.29 is 27.1 Å². The first-order valence-electron chi connectivity index (χ1n) is 7.42. The SMILES string of the molecule is COC(=O)c1cc(CNS(=O)(=O)Cc2ccc(Br)cc2F)ccc1OC. The quantitative estimate of drug-likeness (QED) is 0.662. The maximum absolute atomic E-state index is 13.8. The predicted molar refractivity (Wildman–Crippen MR) is 97.9 cm³/mol. The van der Waals surface area contributed by atoms with Gasteiger partial charge in [0.05, 0.1) is 20.0 Å². The topological polar surface area (TPSA) is 81.7 Å². The first kappa shape index (κ1) is 20.3. The van der Waals surface area contributed by atoms with Crippen LogP contribution in [0.15, 0.2) is 40.9 Å². The van der Waals surface area contributed by atoms with Crippen LogP contribution in [0.4, 0.5) is 4.39 Å². The molecule has 1 N–H and O–H groups in total. The van der Waals surface area contributed by atoms with Crippen LogP contribution in [-0.2, 0) is 27.1 Å². The molecular formula is C17H17BrFNO5S. The standard InChI is InChI=1S/C17H17BrFNO5S/c1-24-16-6-3-11(7-14(16)17(21)25-2)9-20-26(22,23)10-12-4-5-13(18)8-15(12)19/h3-8,20H,9-10H2,1-2H3. The minimum atomic E-state index is -3.78. The molecule has 0 spiro atoms. The lowest BCUT2D eigenvalue weighted by Crippen LogP contribution is -2.25. The summed E-state index contributed by atoms with van der Waals surface area (Å²) in [5, 5.41) is 0. The van der Waals surface area contributed by atoms with Gasteiger partial charge in [0, 0.05) is 16.6 Å². The smallest absolute Gasteiger partial charge is 0.341 e. The van der Waals surface area contributed by atoms with Gasteiger partial charge in [-0.3, -0.25) is 0 Å². The lowest BCUT2D eigenvalue weighted by molar-refractivity contribution is 0.0597. The highest BCUT2D eigenvalue weighted by atomic mass is 79.9. The van der Waals surface area contributed by atoms with Crippen molar-refractivity contribution in [2.45, 2.75) is 12.3 Å². The fraction of sp³-hybridized carbons (Fsp3) is 0.235. The maximum Gasteiger partial charge on any atom is 0.341 e. The monoisotopic (exact) mass is 445 g/mol. The van der Waals surface area contributed by atoms with Gasteiger partial charge in [0.15, 0.2) is 0 Å². The molecule has 0 atom stereocenters. The van der Waals surface area contributed by atoms with Crippen molar-refractivity contribution in [1.29, 1.82) is 0 Å². The molecule has 0 unspecified atom stereocenters. The molecule has 2 aromatic carbocycles. The third-order valence-electron chi connectivity index (χ3n) is 3.53. The van der Waals surface area contributed by atoms with E-state index in [0.717, 1.165) is 0 Å². The molecule has 0 heterocycles. The number of carbonyl (C=O) groups is 1. The van der Waals surface area contributed by atoms with E-state index < -0.39 is 27.6 Å². The zero-order chi connectivity index (χ0) is 19.3. The predicted octanol–water partition coefficient (Wildman–Crippen LogP) is 3.00. The summed E-state index contributed by atoms with van der Waals surface area (Å²) < 4.78 is 50.9. The number of hydrogen-bond acceptors (Lipinski definition) is 5. The summed E-state index contributed by atoms with van der Waals surface area (Å²) in [6.07, 6.45) is 0. The summed E-state index contributed by atoms with van der Waals surface area (Å²) >= 11 is 3.12. The van der Waals surface area contributed by atoms with Crippen LogP contribution in [0, 0.1) is 5.82 Å². The van der Waals surface area contributed by atoms with Crippen molar-refractivity contribution >= 4 is 31.9 Å². The fourth-order valence-corrected chi connectivity index (χ4v) is 3.69. The van der Waals surface area contributed by atoms with Gasteiger partial charge in [0.2, 0.25) is 10.0 Å². The summed E-state index contributed by atoms with van der Waals surface area (Å²) in [5.41, 5.74) is 0.780. The van der Waals surface area contributed by atoms with Gasteiger partial charge < -0.3 is 9.47 Å². The van der Waals surface area contributed by atoms with E-state index in [1.807, 2.05) is 0 Å². The number of esters is 1. The Hall–Kier alpha value is -1.97. The Morgan fingerprint density at radius 3 is 2.54 bits per heavy atom. The Kier molecular flexibility index (Phi) is 6.74. The number of ether oxygens (including phenoxy) is 2. The normalized spacial score (nSPS) is 11.2. The summed E-state index contributed by atoms with van der Waals surface area (Å²) in [7, 11) is -1.12. The summed E-state index contributed by atoms with van der Waals surface area (Å²) in [4.78, 5) is 11.8. The number of sulfonamides is 1. The van der Waals surface area contributed by atoms with Crippen molar-refractivity contribution in [2.75, 3.05) is 14.2 Å². The average molecular weight is 446 g/mol. The third-order valence-corrected chi connectivity index (χ3v) is 5.29. The van der Waals surface area contributed by atoms with E-state index in [9.17, 15) is 17.6 Å². The molecule has 0 radical (unpaired) electrons. The van der Waals surface area contributed by atoms with E-state index in [1.54, 1.807) is 18.2 Å². The van der Waals surface area contributed by atoms with Crippen LogP contribution in [-0.4, -0.2) is 28.6 Å². The molecule has 0 bridgehead atoms. The second-order valence-corrected chi connectivity index (χ2v) is 8.06. The molecule has 26 heavy (non-hydrogen) atoms. The first-order valence-corrected chi connectivity index (χ1v) is 9.86. The van der Waals surface area contributed by atoms with Gasteiger partial charge in [-0.15, -0.1) is 0 Å². The molecule has 0 aliphatic rings. The lowest BCUT2D eigenvalue weighted by Gasteiger charge is -2.11. The van der Waals surface area contributed by atoms with Gasteiger partial charge in [-0.05, 0) is 29.8 Å². The number of halogens is 2. The van der Waals surface area contributed by atoms with E-state index in [1.165, 1.54) is 32.4 Å². The molecule has 0 saturated heterocycles. The maximum atomic E-state index is 13.8. The first-order chi connectivity index (χ1) is 12.3. The van der Waals surface area contributed by atoms with Gasteiger partial charge in [-0.25, -0.2) is 22.3 Å². The van der Waals surface area contributed by atoms with Crippen molar-refractivity contribution in [2.24, 2.45) is 0 Å². The third kappa shape index (κ3) is 5.26. The molecule has 0 fully saturated rings. The zero-order valence-electron chi connectivity index (χ0n) is 14.1. The Balaban J connectivity index is 2.13. The lowest BCUT2D eigenvalue weighted by atomic mass is 10.1. The highest BCUT2D eigenvalue weighted by Crippen LogP contribution is 2.21. The summed E-state index contributed by atoms with van der Waals surface area (Å²) in [5.74, 6) is -1.38. The number of benzene rings is 2. The molecule has 0 aromatic heterocycles. The molecule has 140 valence electrons. The molecule has 0 saturated carbocycles. The van der Waals surface area contributed by atoms with E-state index in [-0.39, 0.29) is 17.7 Å². The summed E-state index contributed by atoms with van der Waals surface area (Å²) in [6, 6.07) is 8.82. The van der Waals surface area contributed by atoms with E-state index >= 15 is 0 Å². The van der Waals surface area contributed by atoms with E-state index in [0.29, 0.717) is 15.8 Å². The number of rotatable bonds is 7. The van der Waals surface area contributed by atoms with Gasteiger partial charge in [0.1, 0.15) is 17.1 Å². The van der Waals surface area contributed by atoms with Crippen molar-refractivity contribution in [3.8, 4) is 5.75 Å². The molecule has 9 heteroatoms. The zero-order valence-corrected chi connectivity index (χ0v) is 16.5. The van der Waals surface area contributed by atoms with Crippen LogP contribution in [0.2, 0.25) is 0 Å². The Morgan fingerprint density at radius 2 is 1.92 bits per heavy atom. The number of methoxy groups -OCH3 is 2. The number of carbonyl (C=O) groups excluding carboxylic acids is 1. The van der Waals surface area contributed by atoms with Gasteiger partial charge >= 0.3 is 5.97 Å². The van der Waals surface area contributed by atoms with Crippen molar-refractivity contribution in [3.63, 3.8) is 0 Å². The number of hydrogen-bond donors (Lipinski definition) is 1. The molecule has 0 amide bonds. The largest absolute Gasteiger partial charge is 0.496 e. The minimum absolute atomic E-state index is 0.0608. The van der Waals surface area contributed by atoms with E-state index in [4.69, 9.17) is 4.74 Å². The van der Waals surface area contributed by atoms with Crippen LogP contribution < -0.4 is 9.46 Å². The van der Waals surface area contributed by atoms with Crippen LogP contribution >= 0.6 is 15.9 Å². The second kappa shape index (κ2) is 8.61. The molecule has 6 nitrogen and oxygen atoms in total. The number of nitrogens with one attached hydrogen (secondary N) is 1. The van der Waals surface area contributed by atoms with Crippen LogP contribution in [0.5, 0.6) is 5.75 Å². The van der Waals surface area contributed by atoms with E-state index in [2.05, 4.69) is 25.4 Å². The Labute approximate surface area is 159 Å². The highest BCUT2D eigenvalue weighted by molar-refractivity contribution is 9.10. The highest BCUT2D eigenvalue weighted by Gasteiger charge is 2.17. The molecule has 2 rings (SSSR count). The molecule has 2 aromatic rings. The van der Waals surface area contributed by atoms with Gasteiger partial charge in [0.25, 0.3) is 0 Å². The minimum Gasteiger partial charge on any atom is -0.496 e. The van der Waals surface area contributed by atoms with Crippen LogP contribution in [0.25, 0.3) is 0 Å². The van der Waals surface area contributed by atoms with Crippen LogP contribution in [0.1, 0.15) is 21.5 Å². The average Bonchev–Trinajstić information content (AvgIpc) is 2.61. The van der Waals surface area contributed by atoms with Crippen LogP contribution in [0.3, 0.4) is 0 Å². The summed E-state index contributed by atoms with van der Waals surface area (Å²) in [6.45, 7) is -0.0610. The molecule has 0 aliphatic heterocycles. The van der Waals surface area contributed by atoms with Gasteiger partial charge in [-0.1, -0.05) is 28.1 Å². The molecule has 0 aliphatic carbocycles. The van der Waals surface area contributed by atoms with Gasteiger partial charge in [-0.2, -0.15) is 0 Å². The second-order valence-electron chi connectivity index (χ2n) is 5.34. The Morgan fingerprint density at radius 1 is 1.19 bits per heavy atom. The van der Waals surface area contributed by atoms with Crippen molar-refractivity contribution in [1.82, 2.24) is 4.72 Å². The fourth-order valence-electron chi connectivity index (χ4n) is 2.22. The molecular weight excluding hydrogens is 429 g/mol.